The number of thiazole rings is 1. The molecule has 0 bridgehead atoms. The molecule has 3 rings (SSSR count). The van der Waals surface area contributed by atoms with E-state index in [9.17, 15) is 0 Å². The molecule has 1 N–H and O–H groups in total. The van der Waals surface area contributed by atoms with Crippen LogP contribution in [0.3, 0.4) is 0 Å². The minimum absolute atomic E-state index is 0.206. The van der Waals surface area contributed by atoms with Crippen molar-refractivity contribution in [2.24, 2.45) is 5.92 Å². The van der Waals surface area contributed by atoms with Crippen LogP contribution in [0.15, 0.2) is 0 Å². The zero-order valence-corrected chi connectivity index (χ0v) is 14.9. The van der Waals surface area contributed by atoms with Crippen molar-refractivity contribution in [3.63, 3.8) is 0 Å². The Morgan fingerprint density at radius 2 is 2.05 bits per heavy atom. The molecule has 0 saturated heterocycles. The van der Waals surface area contributed by atoms with E-state index in [1.54, 1.807) is 4.88 Å². The van der Waals surface area contributed by atoms with Gasteiger partial charge in [0.05, 0.1) is 10.7 Å². The standard InChI is InChI=1S/C18H30N2S/c1-12-8-9-13(10-12)17-20-16-14(11-19-18(2,3)4)6-5-7-15(16)21-17/h12-14,19H,5-11H2,1-4H3. The van der Waals surface area contributed by atoms with Gasteiger partial charge in [-0.3, -0.25) is 0 Å². The van der Waals surface area contributed by atoms with Gasteiger partial charge in [0.15, 0.2) is 0 Å². The van der Waals surface area contributed by atoms with Crippen LogP contribution < -0.4 is 5.32 Å². The smallest absolute Gasteiger partial charge is 0.0962 e. The zero-order valence-electron chi connectivity index (χ0n) is 14.0. The number of hydrogen-bond acceptors (Lipinski definition) is 3. The van der Waals surface area contributed by atoms with Crippen LogP contribution in [0.5, 0.6) is 0 Å². The summed E-state index contributed by atoms with van der Waals surface area (Å²) in [5.41, 5.74) is 1.65. The minimum Gasteiger partial charge on any atom is -0.311 e. The fraction of sp³-hybridized carbons (Fsp3) is 0.833. The SMILES string of the molecule is CC1CCC(c2nc3c(s2)CCCC3CNC(C)(C)C)C1. The van der Waals surface area contributed by atoms with Crippen molar-refractivity contribution < 1.29 is 0 Å². The van der Waals surface area contributed by atoms with Gasteiger partial charge in [-0.25, -0.2) is 4.98 Å². The van der Waals surface area contributed by atoms with Crippen LogP contribution in [-0.4, -0.2) is 17.1 Å². The maximum Gasteiger partial charge on any atom is 0.0962 e. The largest absolute Gasteiger partial charge is 0.311 e. The molecular weight excluding hydrogens is 276 g/mol. The van der Waals surface area contributed by atoms with Crippen molar-refractivity contribution in [3.8, 4) is 0 Å². The highest BCUT2D eigenvalue weighted by atomic mass is 32.1. The van der Waals surface area contributed by atoms with E-state index >= 15 is 0 Å². The van der Waals surface area contributed by atoms with E-state index in [0.29, 0.717) is 5.92 Å². The lowest BCUT2D eigenvalue weighted by Crippen LogP contribution is -2.39. The lowest BCUT2D eigenvalue weighted by atomic mass is 9.90. The molecule has 3 heteroatoms. The van der Waals surface area contributed by atoms with E-state index < -0.39 is 0 Å². The number of nitrogens with zero attached hydrogens (tertiary/aromatic N) is 1. The van der Waals surface area contributed by atoms with Crippen LogP contribution in [0.25, 0.3) is 0 Å². The first-order valence-electron chi connectivity index (χ1n) is 8.67. The number of fused-ring (bicyclic) bond motifs is 1. The van der Waals surface area contributed by atoms with E-state index in [-0.39, 0.29) is 5.54 Å². The Bertz CT molecular complexity index is 486. The lowest BCUT2D eigenvalue weighted by molar-refractivity contribution is 0.387. The van der Waals surface area contributed by atoms with Crippen molar-refractivity contribution in [1.29, 1.82) is 0 Å². The minimum atomic E-state index is 0.206. The third-order valence-electron chi connectivity index (χ3n) is 5.01. The second-order valence-electron chi connectivity index (χ2n) is 8.20. The summed E-state index contributed by atoms with van der Waals surface area (Å²) in [6.45, 7) is 10.2. The van der Waals surface area contributed by atoms with Crippen LogP contribution in [0, 0.1) is 5.92 Å². The highest BCUT2D eigenvalue weighted by Crippen LogP contribution is 2.43. The van der Waals surface area contributed by atoms with Gasteiger partial charge in [0.1, 0.15) is 0 Å². The summed E-state index contributed by atoms with van der Waals surface area (Å²) in [4.78, 5) is 6.72. The van der Waals surface area contributed by atoms with Crippen molar-refractivity contribution in [2.45, 2.75) is 83.6 Å². The molecule has 2 aliphatic carbocycles. The van der Waals surface area contributed by atoms with Gasteiger partial charge in [0.25, 0.3) is 0 Å². The Hall–Kier alpha value is -0.410. The van der Waals surface area contributed by atoms with Gasteiger partial charge in [-0.2, -0.15) is 0 Å². The molecule has 0 amide bonds. The summed E-state index contributed by atoms with van der Waals surface area (Å²) >= 11 is 2.03. The van der Waals surface area contributed by atoms with Crippen molar-refractivity contribution >= 4 is 11.3 Å². The quantitative estimate of drug-likeness (QED) is 0.863. The van der Waals surface area contributed by atoms with E-state index in [1.165, 1.54) is 49.2 Å². The molecule has 3 atom stereocenters. The Morgan fingerprint density at radius 1 is 1.24 bits per heavy atom. The van der Waals surface area contributed by atoms with Crippen LogP contribution >= 0.6 is 11.3 Å². The molecule has 2 aliphatic rings. The van der Waals surface area contributed by atoms with Crippen LogP contribution in [0.1, 0.15) is 87.2 Å². The molecular formula is C18H30N2S. The van der Waals surface area contributed by atoms with Crippen molar-refractivity contribution in [3.05, 3.63) is 15.6 Å². The van der Waals surface area contributed by atoms with Gasteiger partial charge in [-0.05, 0) is 58.8 Å². The zero-order chi connectivity index (χ0) is 15.0. The third-order valence-corrected chi connectivity index (χ3v) is 6.30. The summed E-state index contributed by atoms with van der Waals surface area (Å²) in [7, 11) is 0. The summed E-state index contributed by atoms with van der Waals surface area (Å²) in [5.74, 6) is 2.29. The molecule has 21 heavy (non-hydrogen) atoms. The summed E-state index contributed by atoms with van der Waals surface area (Å²) < 4.78 is 0. The number of nitrogens with one attached hydrogen (secondary N) is 1. The number of aryl methyl sites for hydroxylation is 1. The highest BCUT2D eigenvalue weighted by molar-refractivity contribution is 7.11. The van der Waals surface area contributed by atoms with E-state index in [4.69, 9.17) is 4.98 Å². The molecule has 0 radical (unpaired) electrons. The van der Waals surface area contributed by atoms with Gasteiger partial charge in [-0.1, -0.05) is 13.3 Å². The fourth-order valence-corrected chi connectivity index (χ4v) is 5.10. The molecule has 0 spiro atoms. The van der Waals surface area contributed by atoms with E-state index in [1.807, 2.05) is 11.3 Å². The molecule has 0 aliphatic heterocycles. The average molecular weight is 307 g/mol. The first-order chi connectivity index (χ1) is 9.92. The van der Waals surface area contributed by atoms with E-state index in [2.05, 4.69) is 33.0 Å². The number of rotatable bonds is 3. The molecule has 1 aromatic rings. The topological polar surface area (TPSA) is 24.9 Å². The number of aromatic nitrogens is 1. The molecule has 2 nitrogen and oxygen atoms in total. The van der Waals surface area contributed by atoms with E-state index in [0.717, 1.165) is 18.4 Å². The van der Waals surface area contributed by atoms with Crippen molar-refractivity contribution in [1.82, 2.24) is 10.3 Å². The predicted octanol–water partition coefficient (Wildman–Crippen LogP) is 4.85. The van der Waals surface area contributed by atoms with Gasteiger partial charge in [0.2, 0.25) is 0 Å². The monoisotopic (exact) mass is 306 g/mol. The Kier molecular flexibility index (Phi) is 4.42. The molecule has 1 heterocycles. The first kappa shape index (κ1) is 15.5. The molecule has 1 fully saturated rings. The molecule has 1 aromatic heterocycles. The Morgan fingerprint density at radius 3 is 2.71 bits per heavy atom. The third kappa shape index (κ3) is 3.68. The average Bonchev–Trinajstić information content (AvgIpc) is 3.01. The first-order valence-corrected chi connectivity index (χ1v) is 9.48. The van der Waals surface area contributed by atoms with Crippen LogP contribution in [-0.2, 0) is 6.42 Å². The molecule has 118 valence electrons. The summed E-state index contributed by atoms with van der Waals surface area (Å²) in [6.07, 6.45) is 8.02. The van der Waals surface area contributed by atoms with Gasteiger partial charge in [0, 0.05) is 28.8 Å². The lowest BCUT2D eigenvalue weighted by Gasteiger charge is -2.27. The predicted molar refractivity (Wildman–Crippen MR) is 91.3 cm³/mol. The highest BCUT2D eigenvalue weighted by Gasteiger charge is 2.30. The van der Waals surface area contributed by atoms with Crippen LogP contribution in [0.2, 0.25) is 0 Å². The maximum atomic E-state index is 5.13. The molecule has 0 aromatic carbocycles. The van der Waals surface area contributed by atoms with Crippen LogP contribution in [0.4, 0.5) is 0 Å². The molecule has 1 saturated carbocycles. The van der Waals surface area contributed by atoms with Gasteiger partial charge in [-0.15, -0.1) is 11.3 Å². The summed E-state index contributed by atoms with van der Waals surface area (Å²) in [6, 6.07) is 0. The second-order valence-corrected chi connectivity index (χ2v) is 9.31. The number of hydrogen-bond donors (Lipinski definition) is 1. The van der Waals surface area contributed by atoms with Gasteiger partial charge >= 0.3 is 0 Å². The molecule has 3 unspecified atom stereocenters. The van der Waals surface area contributed by atoms with Crippen molar-refractivity contribution in [2.75, 3.05) is 6.54 Å². The van der Waals surface area contributed by atoms with Gasteiger partial charge < -0.3 is 5.32 Å². The summed E-state index contributed by atoms with van der Waals surface area (Å²) in [5, 5.41) is 5.13. The normalized spacial score (nSPS) is 29.6. The Labute approximate surface area is 133 Å². The maximum absolute atomic E-state index is 5.13. The Balaban J connectivity index is 1.73. The second kappa shape index (κ2) is 6.00. The fourth-order valence-electron chi connectivity index (χ4n) is 3.76.